The molecule has 0 aliphatic carbocycles. The number of aromatic nitrogens is 4. The summed E-state index contributed by atoms with van der Waals surface area (Å²) < 4.78 is 35.6. The maximum absolute atomic E-state index is 13.5. The Hall–Kier alpha value is -3.01. The van der Waals surface area contributed by atoms with E-state index in [1.807, 2.05) is 32.9 Å². The number of nitrogens with zero attached hydrogens (tertiary/aromatic N) is 5. The fraction of sp³-hybridized carbons (Fsp3) is 0.476. The van der Waals surface area contributed by atoms with Crippen LogP contribution in [-0.2, 0) is 10.3 Å². The first kappa shape index (κ1) is 21.2. The van der Waals surface area contributed by atoms with Crippen molar-refractivity contribution in [3.05, 3.63) is 42.0 Å². The Kier molecular flexibility index (Phi) is 5.65. The first-order chi connectivity index (χ1) is 14.7. The normalized spacial score (nSPS) is 15.5. The van der Waals surface area contributed by atoms with Crippen LogP contribution in [0.3, 0.4) is 0 Å². The molecule has 4 rings (SSSR count). The lowest BCUT2D eigenvalue weighted by Gasteiger charge is -2.22. The monoisotopic (exact) mass is 432 g/mol. The summed E-state index contributed by atoms with van der Waals surface area (Å²) in [6.45, 7) is 8.54. The van der Waals surface area contributed by atoms with E-state index in [1.54, 1.807) is 10.7 Å². The van der Waals surface area contributed by atoms with Crippen LogP contribution in [0.5, 0.6) is 0 Å². The van der Waals surface area contributed by atoms with Gasteiger partial charge in [0.25, 0.3) is 12.3 Å². The lowest BCUT2D eigenvalue weighted by Crippen LogP contribution is -2.25. The van der Waals surface area contributed by atoms with Crippen molar-refractivity contribution in [2.75, 3.05) is 36.5 Å². The second-order valence-electron chi connectivity index (χ2n) is 8.52. The summed E-state index contributed by atoms with van der Waals surface area (Å²) in [6, 6.07) is 3.83. The highest BCUT2D eigenvalue weighted by Crippen LogP contribution is 2.29. The topological polar surface area (TPSA) is 76.7 Å². The van der Waals surface area contributed by atoms with Gasteiger partial charge in [-0.3, -0.25) is 9.48 Å². The number of pyridine rings is 1. The maximum atomic E-state index is 13.5. The van der Waals surface area contributed by atoms with Crippen molar-refractivity contribution >= 4 is 22.8 Å². The van der Waals surface area contributed by atoms with Crippen LogP contribution >= 0.6 is 0 Å². The Morgan fingerprint density at radius 2 is 2.06 bits per heavy atom. The molecule has 4 heterocycles. The minimum Gasteiger partial charge on any atom is -0.380 e. The van der Waals surface area contributed by atoms with Crippen LogP contribution in [0.25, 0.3) is 5.52 Å². The number of hydrogen-bond acceptors (Lipinski definition) is 5. The molecule has 1 aliphatic rings. The van der Waals surface area contributed by atoms with Crippen LogP contribution in [0.1, 0.15) is 49.7 Å². The van der Waals surface area contributed by atoms with E-state index in [0.717, 1.165) is 31.8 Å². The standard InChI is InChI=1S/C21H26F2N6O2/c1-21(2,3)29-13-16(18(26-29)19(22)23)25-20(30)15-12-24-28-7-5-14(11-17(15)28)27-6-4-9-31-10-8-27/h5,7,11-13,19H,4,6,8-10H2,1-3H3,(H,25,30). The van der Waals surface area contributed by atoms with Crippen LogP contribution in [0.4, 0.5) is 20.2 Å². The molecule has 8 nitrogen and oxygen atoms in total. The Morgan fingerprint density at radius 1 is 1.26 bits per heavy atom. The molecule has 0 aromatic carbocycles. The van der Waals surface area contributed by atoms with E-state index < -0.39 is 23.6 Å². The number of nitrogens with one attached hydrogen (secondary N) is 1. The molecule has 0 bridgehead atoms. The molecule has 3 aromatic rings. The van der Waals surface area contributed by atoms with Crippen molar-refractivity contribution in [1.82, 2.24) is 19.4 Å². The summed E-state index contributed by atoms with van der Waals surface area (Å²) in [7, 11) is 0. The van der Waals surface area contributed by atoms with Gasteiger partial charge < -0.3 is 15.0 Å². The van der Waals surface area contributed by atoms with E-state index in [4.69, 9.17) is 4.74 Å². The number of fused-ring (bicyclic) bond motifs is 1. The Bertz CT molecular complexity index is 1080. The average Bonchev–Trinajstić information content (AvgIpc) is 3.23. The number of halogens is 2. The van der Waals surface area contributed by atoms with Crippen molar-refractivity contribution in [2.24, 2.45) is 0 Å². The lowest BCUT2D eigenvalue weighted by molar-refractivity contribution is 0.102. The molecule has 10 heteroatoms. The molecule has 0 unspecified atom stereocenters. The van der Waals surface area contributed by atoms with E-state index >= 15 is 0 Å². The van der Waals surface area contributed by atoms with E-state index in [0.29, 0.717) is 17.7 Å². The van der Waals surface area contributed by atoms with Gasteiger partial charge in [0.15, 0.2) is 5.69 Å². The maximum Gasteiger partial charge on any atom is 0.284 e. The van der Waals surface area contributed by atoms with Gasteiger partial charge in [0.2, 0.25) is 0 Å². The number of amides is 1. The molecule has 1 N–H and O–H groups in total. The molecule has 166 valence electrons. The van der Waals surface area contributed by atoms with Crippen molar-refractivity contribution in [1.29, 1.82) is 0 Å². The second-order valence-corrected chi connectivity index (χ2v) is 8.52. The number of alkyl halides is 2. The van der Waals surface area contributed by atoms with Crippen molar-refractivity contribution in [3.8, 4) is 0 Å². The summed E-state index contributed by atoms with van der Waals surface area (Å²) in [5.41, 5.74) is 0.906. The van der Waals surface area contributed by atoms with Crippen LogP contribution in [0.15, 0.2) is 30.7 Å². The van der Waals surface area contributed by atoms with Gasteiger partial charge in [-0.05, 0) is 39.3 Å². The highest BCUT2D eigenvalue weighted by atomic mass is 19.3. The first-order valence-electron chi connectivity index (χ1n) is 10.2. The molecule has 1 saturated heterocycles. The van der Waals surface area contributed by atoms with Gasteiger partial charge in [-0.15, -0.1) is 0 Å². The number of anilines is 2. The molecular formula is C21H26F2N6O2. The molecule has 1 fully saturated rings. The van der Waals surface area contributed by atoms with Crippen molar-refractivity contribution in [3.63, 3.8) is 0 Å². The molecule has 31 heavy (non-hydrogen) atoms. The zero-order valence-electron chi connectivity index (χ0n) is 17.8. The van der Waals surface area contributed by atoms with E-state index in [2.05, 4.69) is 20.4 Å². The zero-order chi connectivity index (χ0) is 22.2. The Balaban J connectivity index is 1.64. The fourth-order valence-corrected chi connectivity index (χ4v) is 3.52. The number of ether oxygens (including phenoxy) is 1. The molecule has 1 aliphatic heterocycles. The summed E-state index contributed by atoms with van der Waals surface area (Å²) >= 11 is 0. The predicted molar refractivity (Wildman–Crippen MR) is 113 cm³/mol. The van der Waals surface area contributed by atoms with E-state index in [1.165, 1.54) is 17.1 Å². The zero-order valence-corrected chi connectivity index (χ0v) is 17.8. The Labute approximate surface area is 178 Å². The molecule has 1 amide bonds. The molecule has 0 spiro atoms. The minimum atomic E-state index is -2.81. The second kappa shape index (κ2) is 8.26. The van der Waals surface area contributed by atoms with E-state index in [9.17, 15) is 13.6 Å². The SMILES string of the molecule is CC(C)(C)n1cc(NC(=O)c2cnn3ccc(N4CCCOCC4)cc23)c(C(F)F)n1. The summed E-state index contributed by atoms with van der Waals surface area (Å²) in [5.74, 6) is -0.512. The van der Waals surface area contributed by atoms with Gasteiger partial charge in [0.1, 0.15) is 0 Å². The van der Waals surface area contributed by atoms with Gasteiger partial charge in [0.05, 0.1) is 35.1 Å². The van der Waals surface area contributed by atoms with Gasteiger partial charge in [-0.25, -0.2) is 13.3 Å². The molecule has 0 atom stereocenters. The van der Waals surface area contributed by atoms with Crippen LogP contribution in [0, 0.1) is 0 Å². The van der Waals surface area contributed by atoms with Gasteiger partial charge in [-0.2, -0.15) is 10.2 Å². The summed E-state index contributed by atoms with van der Waals surface area (Å²) in [5, 5.41) is 10.8. The lowest BCUT2D eigenvalue weighted by atomic mass is 10.1. The smallest absolute Gasteiger partial charge is 0.284 e. The highest BCUT2D eigenvalue weighted by molar-refractivity contribution is 6.09. The quantitative estimate of drug-likeness (QED) is 0.680. The van der Waals surface area contributed by atoms with Crippen molar-refractivity contribution < 1.29 is 18.3 Å². The third-order valence-corrected chi connectivity index (χ3v) is 5.22. The fourth-order valence-electron chi connectivity index (χ4n) is 3.52. The third-order valence-electron chi connectivity index (χ3n) is 5.22. The third kappa shape index (κ3) is 4.39. The highest BCUT2D eigenvalue weighted by Gasteiger charge is 2.25. The van der Waals surface area contributed by atoms with Gasteiger partial charge in [-0.1, -0.05) is 0 Å². The van der Waals surface area contributed by atoms with Crippen LogP contribution < -0.4 is 10.2 Å². The average molecular weight is 432 g/mol. The number of rotatable bonds is 4. The number of hydrogen-bond donors (Lipinski definition) is 1. The molecule has 0 saturated carbocycles. The predicted octanol–water partition coefficient (Wildman–Crippen LogP) is 3.70. The van der Waals surface area contributed by atoms with E-state index in [-0.39, 0.29) is 5.69 Å². The number of carbonyl (C=O) groups excluding carboxylic acids is 1. The molecule has 3 aromatic heterocycles. The molecular weight excluding hydrogens is 406 g/mol. The van der Waals surface area contributed by atoms with Crippen molar-refractivity contribution in [2.45, 2.75) is 39.2 Å². The number of carbonyl (C=O) groups is 1. The summed E-state index contributed by atoms with van der Waals surface area (Å²) in [6.07, 6.45) is 2.78. The summed E-state index contributed by atoms with van der Waals surface area (Å²) in [4.78, 5) is 15.2. The first-order valence-corrected chi connectivity index (χ1v) is 10.2. The van der Waals surface area contributed by atoms with Crippen LogP contribution in [0.2, 0.25) is 0 Å². The molecule has 0 radical (unpaired) electrons. The minimum absolute atomic E-state index is 0.00454. The Morgan fingerprint density at radius 3 is 2.81 bits per heavy atom. The largest absolute Gasteiger partial charge is 0.380 e. The van der Waals surface area contributed by atoms with Crippen LogP contribution in [-0.4, -0.2) is 51.6 Å². The van der Waals surface area contributed by atoms with Gasteiger partial charge in [0, 0.05) is 37.8 Å². The van der Waals surface area contributed by atoms with Gasteiger partial charge >= 0.3 is 0 Å².